The molecule has 2 heterocycles. The third kappa shape index (κ3) is 5.54. The largest absolute Gasteiger partial charge is 0.469 e. The van der Waals surface area contributed by atoms with Gasteiger partial charge in [0.05, 0.1) is 31.7 Å². The molecule has 1 aromatic heterocycles. The Bertz CT molecular complexity index is 710. The van der Waals surface area contributed by atoms with Crippen LogP contribution in [0.5, 0.6) is 0 Å². The van der Waals surface area contributed by atoms with Crippen LogP contribution >= 0.6 is 11.6 Å². The highest BCUT2D eigenvalue weighted by molar-refractivity contribution is 6.29. The monoisotopic (exact) mass is 397 g/mol. The number of halogens is 1. The van der Waals surface area contributed by atoms with Crippen LogP contribution in [0.3, 0.4) is 0 Å². The molecule has 0 radical (unpaired) electrons. The van der Waals surface area contributed by atoms with E-state index in [-0.39, 0.29) is 29.6 Å². The lowest BCUT2D eigenvalue weighted by molar-refractivity contribution is -0.433. The predicted molar refractivity (Wildman–Crippen MR) is 100 cm³/mol. The molecule has 9 nitrogen and oxygen atoms in total. The molecule has 0 saturated heterocycles. The fourth-order valence-corrected chi connectivity index (χ4v) is 3.15. The Morgan fingerprint density at radius 1 is 1.48 bits per heavy atom. The van der Waals surface area contributed by atoms with Crippen molar-refractivity contribution in [2.45, 2.75) is 19.9 Å². The molecule has 1 aliphatic rings. The molecule has 1 aromatic rings. The van der Waals surface area contributed by atoms with Crippen molar-refractivity contribution >= 4 is 17.6 Å². The van der Waals surface area contributed by atoms with Crippen molar-refractivity contribution in [3.05, 3.63) is 50.7 Å². The van der Waals surface area contributed by atoms with Gasteiger partial charge in [-0.3, -0.25) is 19.8 Å². The molecule has 10 heteroatoms. The topological polar surface area (TPSA) is 92.0 Å². The average molecular weight is 398 g/mol. The summed E-state index contributed by atoms with van der Waals surface area (Å²) in [6, 6.07) is 3.56. The zero-order valence-corrected chi connectivity index (χ0v) is 16.5. The summed E-state index contributed by atoms with van der Waals surface area (Å²) in [6.07, 6.45) is 1.86. The van der Waals surface area contributed by atoms with E-state index >= 15 is 0 Å². The van der Waals surface area contributed by atoms with Gasteiger partial charge in [-0.05, 0) is 18.6 Å². The van der Waals surface area contributed by atoms with Crippen molar-refractivity contribution in [2.24, 2.45) is 0 Å². The smallest absolute Gasteiger partial charge is 0.306 e. The van der Waals surface area contributed by atoms with Gasteiger partial charge in [-0.2, -0.15) is 0 Å². The lowest BCUT2D eigenvalue weighted by Crippen LogP contribution is -2.48. The second kappa shape index (κ2) is 9.52. The van der Waals surface area contributed by atoms with E-state index < -0.39 is 0 Å². The molecule has 1 aliphatic heterocycles. The second-order valence-electron chi connectivity index (χ2n) is 6.25. The molecule has 0 fully saturated rings. The molecular formula is C17H24ClN5O4. The number of hydrogen-bond acceptors (Lipinski definition) is 8. The van der Waals surface area contributed by atoms with Crippen LogP contribution in [0.15, 0.2) is 29.8 Å². The molecule has 0 unspecified atom stereocenters. The Morgan fingerprint density at radius 3 is 2.78 bits per heavy atom. The van der Waals surface area contributed by atoms with Gasteiger partial charge in [0.1, 0.15) is 5.15 Å². The molecule has 0 spiro atoms. The van der Waals surface area contributed by atoms with Crippen LogP contribution in [0.25, 0.3) is 0 Å². The first-order valence-corrected chi connectivity index (χ1v) is 8.96. The van der Waals surface area contributed by atoms with E-state index in [1.54, 1.807) is 12.3 Å². The van der Waals surface area contributed by atoms with Crippen molar-refractivity contribution in [2.75, 3.05) is 40.5 Å². The normalized spacial score (nSPS) is 15.0. The first-order valence-electron chi connectivity index (χ1n) is 8.58. The zero-order valence-electron chi connectivity index (χ0n) is 15.7. The first kappa shape index (κ1) is 20.9. The summed E-state index contributed by atoms with van der Waals surface area (Å²) in [5, 5.41) is 12.1. The molecule has 0 atom stereocenters. The summed E-state index contributed by atoms with van der Waals surface area (Å²) in [4.78, 5) is 32.4. The maximum atomic E-state index is 11.7. The number of ether oxygens (including phenoxy) is 1. The number of hydrogen-bond donors (Lipinski definition) is 0. The minimum Gasteiger partial charge on any atom is -0.469 e. The molecule has 2 rings (SSSR count). The SMILES string of the molecule is CCN(Cc1ccc(Cl)nc1)C1=C([N+](=O)[O-])CN(CCC(=O)OC)CN1C. The zero-order chi connectivity index (χ0) is 20.0. The number of carbonyl (C=O) groups excluding carboxylic acids is 1. The van der Waals surface area contributed by atoms with E-state index in [0.29, 0.717) is 37.3 Å². The number of esters is 1. The number of pyridine rings is 1. The van der Waals surface area contributed by atoms with Crippen LogP contribution in [-0.2, 0) is 16.1 Å². The molecule has 0 aliphatic carbocycles. The molecule has 0 N–H and O–H groups in total. The van der Waals surface area contributed by atoms with Gasteiger partial charge in [0.2, 0.25) is 0 Å². The molecule has 0 amide bonds. The van der Waals surface area contributed by atoms with Crippen LogP contribution in [0.4, 0.5) is 0 Å². The molecular weight excluding hydrogens is 374 g/mol. The van der Waals surface area contributed by atoms with Crippen molar-refractivity contribution in [1.82, 2.24) is 19.7 Å². The van der Waals surface area contributed by atoms with Crippen LogP contribution in [0, 0.1) is 10.1 Å². The summed E-state index contributed by atoms with van der Waals surface area (Å²) >= 11 is 5.83. The van der Waals surface area contributed by atoms with Crippen molar-refractivity contribution < 1.29 is 14.5 Å². The number of methoxy groups -OCH3 is 1. The van der Waals surface area contributed by atoms with E-state index in [1.807, 2.05) is 34.7 Å². The third-order valence-electron chi connectivity index (χ3n) is 4.33. The minimum atomic E-state index is -0.348. The standard InChI is InChI=1S/C17H24ClN5O4/c1-4-22(10-13-5-6-15(18)19-9-13)17-14(23(25)26)11-21(12-20(17)2)8-7-16(24)27-3/h5-6,9H,4,7-8,10-12H2,1-3H3. The third-order valence-corrected chi connectivity index (χ3v) is 4.55. The second-order valence-corrected chi connectivity index (χ2v) is 6.64. The summed E-state index contributed by atoms with van der Waals surface area (Å²) in [6.45, 7) is 4.08. The quantitative estimate of drug-likeness (QED) is 0.283. The van der Waals surface area contributed by atoms with Crippen LogP contribution in [-0.4, -0.2) is 71.0 Å². The number of carbonyl (C=O) groups is 1. The predicted octanol–water partition coefficient (Wildman–Crippen LogP) is 1.77. The van der Waals surface area contributed by atoms with Crippen molar-refractivity contribution in [3.8, 4) is 0 Å². The average Bonchev–Trinajstić information content (AvgIpc) is 2.65. The summed E-state index contributed by atoms with van der Waals surface area (Å²) in [5.41, 5.74) is 1.02. The molecule has 27 heavy (non-hydrogen) atoms. The van der Waals surface area contributed by atoms with E-state index in [9.17, 15) is 14.9 Å². The van der Waals surface area contributed by atoms with E-state index in [1.165, 1.54) is 7.11 Å². The minimum absolute atomic E-state index is 0.109. The van der Waals surface area contributed by atoms with Gasteiger partial charge in [0.15, 0.2) is 5.82 Å². The number of aromatic nitrogens is 1. The van der Waals surface area contributed by atoms with Gasteiger partial charge in [0.25, 0.3) is 5.70 Å². The summed E-state index contributed by atoms with van der Waals surface area (Å²) < 4.78 is 4.65. The highest BCUT2D eigenvalue weighted by atomic mass is 35.5. The highest BCUT2D eigenvalue weighted by Gasteiger charge is 2.33. The molecule has 148 valence electrons. The van der Waals surface area contributed by atoms with E-state index in [4.69, 9.17) is 11.6 Å². The van der Waals surface area contributed by atoms with Gasteiger partial charge in [-0.1, -0.05) is 17.7 Å². The highest BCUT2D eigenvalue weighted by Crippen LogP contribution is 2.23. The Hall–Kier alpha value is -2.39. The van der Waals surface area contributed by atoms with Gasteiger partial charge in [0, 0.05) is 32.9 Å². The van der Waals surface area contributed by atoms with Crippen molar-refractivity contribution in [3.63, 3.8) is 0 Å². The maximum Gasteiger partial charge on any atom is 0.306 e. The fraction of sp³-hybridized carbons (Fsp3) is 0.529. The molecule has 0 bridgehead atoms. The number of nitrogens with zero attached hydrogens (tertiary/aromatic N) is 5. The van der Waals surface area contributed by atoms with Gasteiger partial charge < -0.3 is 14.5 Å². The Balaban J connectivity index is 2.22. The van der Waals surface area contributed by atoms with E-state index in [0.717, 1.165) is 5.56 Å². The van der Waals surface area contributed by atoms with Gasteiger partial charge >= 0.3 is 5.97 Å². The van der Waals surface area contributed by atoms with Crippen LogP contribution in [0.1, 0.15) is 18.9 Å². The lowest BCUT2D eigenvalue weighted by Gasteiger charge is -2.39. The van der Waals surface area contributed by atoms with Crippen LogP contribution in [0.2, 0.25) is 5.15 Å². The number of nitro groups is 1. The Morgan fingerprint density at radius 2 is 2.22 bits per heavy atom. The number of rotatable bonds is 8. The Labute approximate surface area is 163 Å². The lowest BCUT2D eigenvalue weighted by atomic mass is 10.2. The summed E-state index contributed by atoms with van der Waals surface area (Å²) in [5.74, 6) is 0.243. The van der Waals surface area contributed by atoms with Gasteiger partial charge in [-0.25, -0.2) is 4.98 Å². The maximum absolute atomic E-state index is 11.7. The van der Waals surface area contributed by atoms with Gasteiger partial charge in [-0.15, -0.1) is 0 Å². The summed E-state index contributed by atoms with van der Waals surface area (Å²) in [7, 11) is 3.14. The van der Waals surface area contributed by atoms with Crippen molar-refractivity contribution in [1.29, 1.82) is 0 Å². The molecule has 0 aromatic carbocycles. The first-order chi connectivity index (χ1) is 12.8. The Kier molecular flexibility index (Phi) is 7.37. The fourth-order valence-electron chi connectivity index (χ4n) is 3.04. The van der Waals surface area contributed by atoms with E-state index in [2.05, 4.69) is 9.72 Å². The van der Waals surface area contributed by atoms with Crippen LogP contribution < -0.4 is 0 Å². The molecule has 0 saturated carbocycles.